The van der Waals surface area contributed by atoms with Crippen LogP contribution in [-0.4, -0.2) is 30.1 Å². The molecule has 2 atom stereocenters. The first-order valence-corrected chi connectivity index (χ1v) is 7.20. The fourth-order valence-electron chi connectivity index (χ4n) is 2.71. The van der Waals surface area contributed by atoms with Crippen LogP contribution in [0.15, 0.2) is 0 Å². The fourth-order valence-corrected chi connectivity index (χ4v) is 2.71. The Kier molecular flexibility index (Phi) is 6.37. The molecule has 1 aliphatic carbocycles. The van der Waals surface area contributed by atoms with Crippen molar-refractivity contribution in [2.45, 2.75) is 71.4 Å². The average molecular weight is 226 g/mol. The summed E-state index contributed by atoms with van der Waals surface area (Å²) in [5.74, 6) is 0.757. The third-order valence-electron chi connectivity index (χ3n) is 3.85. The van der Waals surface area contributed by atoms with Gasteiger partial charge < -0.3 is 5.73 Å². The van der Waals surface area contributed by atoms with E-state index >= 15 is 0 Å². The lowest BCUT2D eigenvalue weighted by Crippen LogP contribution is -2.46. The molecule has 0 bridgehead atoms. The zero-order valence-corrected chi connectivity index (χ0v) is 11.4. The van der Waals surface area contributed by atoms with Crippen molar-refractivity contribution in [1.82, 2.24) is 4.90 Å². The summed E-state index contributed by atoms with van der Waals surface area (Å²) in [6.07, 6.45) is 8.02. The number of unbranched alkanes of at least 4 members (excludes halogenated alkanes) is 1. The lowest BCUT2D eigenvalue weighted by molar-refractivity contribution is 0.136. The normalized spacial score (nSPS) is 20.1. The lowest BCUT2D eigenvalue weighted by atomic mass is 9.95. The topological polar surface area (TPSA) is 29.3 Å². The molecule has 16 heavy (non-hydrogen) atoms. The van der Waals surface area contributed by atoms with Crippen LogP contribution in [0.1, 0.15) is 59.3 Å². The summed E-state index contributed by atoms with van der Waals surface area (Å²) in [5.41, 5.74) is 6.00. The smallest absolute Gasteiger partial charge is 0.0246 e. The average Bonchev–Trinajstić information content (AvgIpc) is 3.08. The molecule has 2 N–H and O–H groups in total. The van der Waals surface area contributed by atoms with E-state index in [1.807, 2.05) is 0 Å². The third kappa shape index (κ3) is 4.06. The van der Waals surface area contributed by atoms with Gasteiger partial charge in [-0.15, -0.1) is 0 Å². The van der Waals surface area contributed by atoms with Crippen LogP contribution >= 0.6 is 0 Å². The maximum Gasteiger partial charge on any atom is 0.0246 e. The van der Waals surface area contributed by atoms with Gasteiger partial charge >= 0.3 is 0 Å². The van der Waals surface area contributed by atoms with E-state index in [4.69, 9.17) is 5.73 Å². The van der Waals surface area contributed by atoms with Crippen molar-refractivity contribution >= 4 is 0 Å². The highest BCUT2D eigenvalue weighted by Crippen LogP contribution is 2.31. The molecule has 0 saturated heterocycles. The number of hydrogen-bond acceptors (Lipinski definition) is 2. The highest BCUT2D eigenvalue weighted by atomic mass is 15.2. The number of nitrogens with two attached hydrogens (primary N) is 1. The molecule has 0 spiro atoms. The summed E-state index contributed by atoms with van der Waals surface area (Å²) in [4.78, 5) is 2.71. The Balaban J connectivity index is 2.50. The minimum Gasteiger partial charge on any atom is -0.329 e. The molecule has 96 valence electrons. The summed E-state index contributed by atoms with van der Waals surface area (Å²) >= 11 is 0. The second kappa shape index (κ2) is 7.29. The Hall–Kier alpha value is -0.0800. The van der Waals surface area contributed by atoms with Crippen LogP contribution in [0.4, 0.5) is 0 Å². The highest BCUT2D eigenvalue weighted by molar-refractivity contribution is 4.90. The summed E-state index contributed by atoms with van der Waals surface area (Å²) in [5, 5.41) is 0. The molecule has 0 aromatic heterocycles. The predicted molar refractivity (Wildman–Crippen MR) is 71.6 cm³/mol. The van der Waals surface area contributed by atoms with E-state index in [0.29, 0.717) is 6.04 Å². The van der Waals surface area contributed by atoms with Crippen LogP contribution in [0.2, 0.25) is 0 Å². The molecule has 1 saturated carbocycles. The lowest BCUT2D eigenvalue weighted by Gasteiger charge is -2.35. The summed E-state index contributed by atoms with van der Waals surface area (Å²) < 4.78 is 0. The van der Waals surface area contributed by atoms with E-state index in [-0.39, 0.29) is 0 Å². The molecule has 0 aromatic carbocycles. The minimum absolute atomic E-state index is 0.624. The summed E-state index contributed by atoms with van der Waals surface area (Å²) in [6.45, 7) is 9.02. The molecular formula is C14H30N2. The van der Waals surface area contributed by atoms with Gasteiger partial charge in [-0.1, -0.05) is 33.6 Å². The van der Waals surface area contributed by atoms with Crippen LogP contribution in [0.25, 0.3) is 0 Å². The molecule has 1 aliphatic rings. The zero-order chi connectivity index (χ0) is 12.0. The molecule has 0 aliphatic heterocycles. The van der Waals surface area contributed by atoms with Crippen molar-refractivity contribution in [2.24, 2.45) is 11.7 Å². The van der Waals surface area contributed by atoms with Gasteiger partial charge in [0.05, 0.1) is 0 Å². The molecule has 0 heterocycles. The first kappa shape index (κ1) is 14.0. The van der Waals surface area contributed by atoms with Crippen molar-refractivity contribution in [1.29, 1.82) is 0 Å². The van der Waals surface area contributed by atoms with Crippen LogP contribution in [0.5, 0.6) is 0 Å². The Labute approximate surface area is 102 Å². The van der Waals surface area contributed by atoms with E-state index < -0.39 is 0 Å². The maximum absolute atomic E-state index is 6.00. The first-order chi connectivity index (χ1) is 7.74. The van der Waals surface area contributed by atoms with Crippen molar-refractivity contribution in [2.75, 3.05) is 13.1 Å². The van der Waals surface area contributed by atoms with Gasteiger partial charge in [-0.25, -0.2) is 0 Å². The van der Waals surface area contributed by atoms with Crippen molar-refractivity contribution in [3.05, 3.63) is 0 Å². The number of nitrogens with zero attached hydrogens (tertiary/aromatic N) is 1. The zero-order valence-electron chi connectivity index (χ0n) is 11.4. The summed E-state index contributed by atoms with van der Waals surface area (Å²) in [7, 11) is 0. The molecule has 2 heteroatoms. The monoisotopic (exact) mass is 226 g/mol. The van der Waals surface area contributed by atoms with Crippen molar-refractivity contribution in [3.63, 3.8) is 0 Å². The van der Waals surface area contributed by atoms with E-state index in [2.05, 4.69) is 25.7 Å². The minimum atomic E-state index is 0.624. The predicted octanol–water partition coefficient (Wildman–Crippen LogP) is 3.01. The standard InChI is InChI=1S/C14H30N2/c1-4-6-10-16(13-8-9-13)14(11-15)12(3)7-5-2/h12-14H,4-11,15H2,1-3H3. The fraction of sp³-hybridized carbons (Fsp3) is 1.00. The first-order valence-electron chi connectivity index (χ1n) is 7.20. The summed E-state index contributed by atoms with van der Waals surface area (Å²) in [6, 6.07) is 1.48. The Morgan fingerprint density at radius 2 is 1.94 bits per heavy atom. The molecule has 2 nitrogen and oxygen atoms in total. The molecule has 0 amide bonds. The van der Waals surface area contributed by atoms with Crippen molar-refractivity contribution < 1.29 is 0 Å². The van der Waals surface area contributed by atoms with Gasteiger partial charge in [0.15, 0.2) is 0 Å². The van der Waals surface area contributed by atoms with Gasteiger partial charge in [-0.05, 0) is 38.1 Å². The van der Waals surface area contributed by atoms with Gasteiger partial charge in [0.1, 0.15) is 0 Å². The SMILES string of the molecule is CCCCN(C1CC1)C(CN)C(C)CCC. The van der Waals surface area contributed by atoms with E-state index in [1.54, 1.807) is 0 Å². The van der Waals surface area contributed by atoms with Gasteiger partial charge in [-0.2, -0.15) is 0 Å². The van der Waals surface area contributed by atoms with Gasteiger partial charge in [-0.3, -0.25) is 4.90 Å². The molecule has 0 aromatic rings. The second-order valence-electron chi connectivity index (χ2n) is 5.39. The molecule has 1 rings (SSSR count). The highest BCUT2D eigenvalue weighted by Gasteiger charge is 2.34. The molecule has 0 radical (unpaired) electrons. The quantitative estimate of drug-likeness (QED) is 0.655. The maximum atomic E-state index is 6.00. The second-order valence-corrected chi connectivity index (χ2v) is 5.39. The molecule has 1 fully saturated rings. The van der Waals surface area contributed by atoms with E-state index in [1.165, 1.54) is 45.1 Å². The van der Waals surface area contributed by atoms with E-state index in [0.717, 1.165) is 18.5 Å². The number of rotatable bonds is 9. The Morgan fingerprint density at radius 3 is 2.38 bits per heavy atom. The Bertz CT molecular complexity index is 178. The Morgan fingerprint density at radius 1 is 1.25 bits per heavy atom. The van der Waals surface area contributed by atoms with Gasteiger partial charge in [0.25, 0.3) is 0 Å². The number of hydrogen-bond donors (Lipinski definition) is 1. The third-order valence-corrected chi connectivity index (χ3v) is 3.85. The largest absolute Gasteiger partial charge is 0.329 e. The van der Waals surface area contributed by atoms with E-state index in [9.17, 15) is 0 Å². The van der Waals surface area contributed by atoms with Gasteiger partial charge in [0.2, 0.25) is 0 Å². The van der Waals surface area contributed by atoms with Crippen LogP contribution in [0.3, 0.4) is 0 Å². The molecular weight excluding hydrogens is 196 g/mol. The van der Waals surface area contributed by atoms with Crippen LogP contribution < -0.4 is 5.73 Å². The van der Waals surface area contributed by atoms with Crippen LogP contribution in [-0.2, 0) is 0 Å². The molecule has 2 unspecified atom stereocenters. The van der Waals surface area contributed by atoms with Crippen molar-refractivity contribution in [3.8, 4) is 0 Å². The van der Waals surface area contributed by atoms with Crippen LogP contribution in [0, 0.1) is 5.92 Å². The van der Waals surface area contributed by atoms with Gasteiger partial charge in [0, 0.05) is 18.6 Å².